The lowest BCUT2D eigenvalue weighted by atomic mass is 10.2. The molecule has 0 aliphatic carbocycles. The minimum atomic E-state index is -3.61. The molecule has 1 aromatic carbocycles. The molecular weight excluding hydrogens is 362 g/mol. The van der Waals surface area contributed by atoms with Crippen molar-refractivity contribution in [2.75, 3.05) is 18.0 Å². The lowest BCUT2D eigenvalue weighted by Gasteiger charge is -2.19. The maximum Gasteiger partial charge on any atom is 0.240 e. The van der Waals surface area contributed by atoms with Crippen LogP contribution in [0.1, 0.15) is 38.8 Å². The number of aryl methyl sites for hydroxylation is 1. The van der Waals surface area contributed by atoms with Crippen molar-refractivity contribution in [1.29, 1.82) is 0 Å². The number of anilines is 1. The van der Waals surface area contributed by atoms with Crippen molar-refractivity contribution in [1.82, 2.24) is 9.71 Å². The molecule has 1 heterocycles. The molecule has 2 aromatic rings. The van der Waals surface area contributed by atoms with Gasteiger partial charge in [0.2, 0.25) is 10.0 Å². The standard InChI is InChI=1S/C20H29N3O3S/c1-6-23(7-2)20-11-8-17(13-21-20)14-22-27(24,25)18-9-10-19(16(5)12-18)26-15(3)4/h8-13,15,22H,6-7,14H2,1-5H3. The van der Waals surface area contributed by atoms with Crippen LogP contribution in [0.3, 0.4) is 0 Å². The molecule has 1 aromatic heterocycles. The highest BCUT2D eigenvalue weighted by atomic mass is 32.2. The largest absolute Gasteiger partial charge is 0.491 e. The molecule has 0 saturated heterocycles. The van der Waals surface area contributed by atoms with Crippen molar-refractivity contribution >= 4 is 15.8 Å². The van der Waals surface area contributed by atoms with E-state index in [2.05, 4.69) is 28.5 Å². The van der Waals surface area contributed by atoms with Crippen LogP contribution >= 0.6 is 0 Å². The van der Waals surface area contributed by atoms with Crippen LogP contribution in [-0.4, -0.2) is 32.6 Å². The van der Waals surface area contributed by atoms with Crippen LogP contribution in [0.15, 0.2) is 41.4 Å². The molecular formula is C20H29N3O3S. The Hall–Kier alpha value is -2.12. The van der Waals surface area contributed by atoms with E-state index in [1.165, 1.54) is 0 Å². The maximum absolute atomic E-state index is 12.6. The highest BCUT2D eigenvalue weighted by Crippen LogP contribution is 2.23. The van der Waals surface area contributed by atoms with E-state index in [0.717, 1.165) is 30.0 Å². The van der Waals surface area contributed by atoms with Gasteiger partial charge in [-0.25, -0.2) is 18.1 Å². The molecule has 0 unspecified atom stereocenters. The lowest BCUT2D eigenvalue weighted by molar-refractivity contribution is 0.240. The highest BCUT2D eigenvalue weighted by Gasteiger charge is 2.16. The van der Waals surface area contributed by atoms with Crippen LogP contribution in [0.25, 0.3) is 0 Å². The second-order valence-corrected chi connectivity index (χ2v) is 8.38. The fourth-order valence-corrected chi connectivity index (χ4v) is 3.80. The number of rotatable bonds is 9. The summed E-state index contributed by atoms with van der Waals surface area (Å²) in [4.78, 5) is 6.78. The van der Waals surface area contributed by atoms with E-state index >= 15 is 0 Å². The van der Waals surface area contributed by atoms with E-state index in [4.69, 9.17) is 4.74 Å². The Bertz CT molecular complexity index is 845. The fourth-order valence-electron chi connectivity index (χ4n) is 2.69. The average Bonchev–Trinajstić information content (AvgIpc) is 2.63. The number of nitrogens with one attached hydrogen (secondary N) is 1. The SMILES string of the molecule is CCN(CC)c1ccc(CNS(=O)(=O)c2ccc(OC(C)C)c(C)c2)cn1. The number of nitrogens with zero attached hydrogens (tertiary/aromatic N) is 2. The predicted octanol–water partition coefficient (Wildman–Crippen LogP) is 3.50. The Kier molecular flexibility index (Phi) is 7.21. The van der Waals surface area contributed by atoms with Crippen LogP contribution in [0.4, 0.5) is 5.82 Å². The van der Waals surface area contributed by atoms with Gasteiger partial charge in [-0.15, -0.1) is 0 Å². The van der Waals surface area contributed by atoms with Crippen molar-refractivity contribution in [3.05, 3.63) is 47.7 Å². The van der Waals surface area contributed by atoms with Crippen LogP contribution in [-0.2, 0) is 16.6 Å². The van der Waals surface area contributed by atoms with Gasteiger partial charge in [-0.1, -0.05) is 6.07 Å². The zero-order valence-electron chi connectivity index (χ0n) is 16.7. The third-order valence-electron chi connectivity index (χ3n) is 4.18. The Morgan fingerprint density at radius 3 is 2.37 bits per heavy atom. The van der Waals surface area contributed by atoms with Gasteiger partial charge in [0.25, 0.3) is 0 Å². The first-order valence-corrected chi connectivity index (χ1v) is 10.7. The summed E-state index contributed by atoms with van der Waals surface area (Å²) in [5.74, 6) is 1.59. The van der Waals surface area contributed by atoms with Crippen molar-refractivity contribution in [3.8, 4) is 5.75 Å². The van der Waals surface area contributed by atoms with Gasteiger partial charge in [0, 0.05) is 25.8 Å². The molecule has 0 fully saturated rings. The Morgan fingerprint density at radius 2 is 1.85 bits per heavy atom. The zero-order valence-corrected chi connectivity index (χ0v) is 17.5. The van der Waals surface area contributed by atoms with Gasteiger partial charge >= 0.3 is 0 Å². The van der Waals surface area contributed by atoms with Gasteiger partial charge in [0.1, 0.15) is 11.6 Å². The third kappa shape index (κ3) is 5.68. The molecule has 0 radical (unpaired) electrons. The molecule has 1 N–H and O–H groups in total. The topological polar surface area (TPSA) is 71.5 Å². The summed E-state index contributed by atoms with van der Waals surface area (Å²) in [6.45, 7) is 11.8. The molecule has 0 saturated carbocycles. The summed E-state index contributed by atoms with van der Waals surface area (Å²) < 4.78 is 33.5. The van der Waals surface area contributed by atoms with E-state index in [-0.39, 0.29) is 17.5 Å². The Labute approximate surface area is 162 Å². The van der Waals surface area contributed by atoms with Crippen LogP contribution in [0.2, 0.25) is 0 Å². The van der Waals surface area contributed by atoms with Crippen LogP contribution in [0.5, 0.6) is 5.75 Å². The van der Waals surface area contributed by atoms with Crippen molar-refractivity contribution in [3.63, 3.8) is 0 Å². The summed E-state index contributed by atoms with van der Waals surface area (Å²) in [5.41, 5.74) is 1.60. The quantitative estimate of drug-likeness (QED) is 0.708. The molecule has 27 heavy (non-hydrogen) atoms. The predicted molar refractivity (Wildman–Crippen MR) is 109 cm³/mol. The number of aromatic nitrogens is 1. The first-order valence-electron chi connectivity index (χ1n) is 9.23. The molecule has 0 aliphatic rings. The average molecular weight is 392 g/mol. The number of hydrogen-bond acceptors (Lipinski definition) is 5. The van der Waals surface area contributed by atoms with E-state index < -0.39 is 10.0 Å². The first kappa shape index (κ1) is 21.2. The molecule has 0 spiro atoms. The van der Waals surface area contributed by atoms with Crippen LogP contribution in [0, 0.1) is 6.92 Å². The van der Waals surface area contributed by atoms with E-state index in [0.29, 0.717) is 5.75 Å². The molecule has 7 heteroatoms. The van der Waals surface area contributed by atoms with Gasteiger partial charge < -0.3 is 9.64 Å². The minimum absolute atomic E-state index is 0.0381. The van der Waals surface area contributed by atoms with Crippen LogP contribution < -0.4 is 14.4 Å². The first-order chi connectivity index (χ1) is 12.8. The number of ether oxygens (including phenoxy) is 1. The summed E-state index contributed by atoms with van der Waals surface area (Å²) in [6.07, 6.45) is 1.75. The maximum atomic E-state index is 12.6. The second-order valence-electron chi connectivity index (χ2n) is 6.62. The minimum Gasteiger partial charge on any atom is -0.491 e. The van der Waals surface area contributed by atoms with E-state index in [1.807, 2.05) is 32.9 Å². The summed E-state index contributed by atoms with van der Waals surface area (Å²) in [7, 11) is -3.61. The monoisotopic (exact) mass is 391 g/mol. The van der Waals surface area contributed by atoms with Crippen molar-refractivity contribution < 1.29 is 13.2 Å². The van der Waals surface area contributed by atoms with Gasteiger partial charge in [-0.3, -0.25) is 0 Å². The van der Waals surface area contributed by atoms with E-state index in [1.54, 1.807) is 24.4 Å². The molecule has 0 bridgehead atoms. The molecule has 148 valence electrons. The highest BCUT2D eigenvalue weighted by molar-refractivity contribution is 7.89. The summed E-state index contributed by atoms with van der Waals surface area (Å²) in [5, 5.41) is 0. The number of benzene rings is 1. The van der Waals surface area contributed by atoms with Gasteiger partial charge in [-0.2, -0.15) is 0 Å². The summed E-state index contributed by atoms with van der Waals surface area (Å²) >= 11 is 0. The fraction of sp³-hybridized carbons (Fsp3) is 0.450. The summed E-state index contributed by atoms with van der Waals surface area (Å²) in [6, 6.07) is 8.70. The van der Waals surface area contributed by atoms with E-state index in [9.17, 15) is 8.42 Å². The zero-order chi connectivity index (χ0) is 20.0. The van der Waals surface area contributed by atoms with Crippen molar-refractivity contribution in [2.45, 2.75) is 52.2 Å². The number of hydrogen-bond donors (Lipinski definition) is 1. The smallest absolute Gasteiger partial charge is 0.240 e. The Balaban J connectivity index is 2.07. The molecule has 0 amide bonds. The Morgan fingerprint density at radius 1 is 1.15 bits per heavy atom. The molecule has 0 atom stereocenters. The number of pyridine rings is 1. The normalized spacial score (nSPS) is 11.6. The van der Waals surface area contributed by atoms with Crippen molar-refractivity contribution in [2.24, 2.45) is 0 Å². The molecule has 2 rings (SSSR count). The van der Waals surface area contributed by atoms with Gasteiger partial charge in [0.15, 0.2) is 0 Å². The second kappa shape index (κ2) is 9.19. The number of sulfonamides is 1. The molecule has 0 aliphatic heterocycles. The van der Waals surface area contributed by atoms with Gasteiger partial charge in [-0.05, 0) is 70.0 Å². The lowest BCUT2D eigenvalue weighted by Crippen LogP contribution is -2.24. The third-order valence-corrected chi connectivity index (χ3v) is 5.58. The molecule has 6 nitrogen and oxygen atoms in total. The van der Waals surface area contributed by atoms with Gasteiger partial charge in [0.05, 0.1) is 11.0 Å².